The van der Waals surface area contributed by atoms with Crippen molar-refractivity contribution in [1.82, 2.24) is 4.90 Å². The van der Waals surface area contributed by atoms with Gasteiger partial charge in [0.2, 0.25) is 5.91 Å². The molecule has 0 aliphatic carbocycles. The Morgan fingerprint density at radius 3 is 2.29 bits per heavy atom. The van der Waals surface area contributed by atoms with Gasteiger partial charge in [-0.25, -0.2) is 8.42 Å². The van der Waals surface area contributed by atoms with Crippen LogP contribution < -0.4 is 0 Å². The number of hydrogen-bond donors (Lipinski definition) is 0. The second-order valence-electron chi connectivity index (χ2n) is 5.45. The van der Waals surface area contributed by atoms with Gasteiger partial charge in [0, 0.05) is 17.1 Å². The maximum atomic E-state index is 12.4. The van der Waals surface area contributed by atoms with Gasteiger partial charge in [-0.2, -0.15) is 0 Å². The van der Waals surface area contributed by atoms with Crippen LogP contribution in [0, 0.1) is 0 Å². The van der Waals surface area contributed by atoms with E-state index in [-0.39, 0.29) is 10.9 Å². The van der Waals surface area contributed by atoms with Crippen molar-refractivity contribution in [3.05, 3.63) is 64.1 Å². The molecule has 2 aromatic rings. The first-order valence-electron chi connectivity index (χ1n) is 7.20. The molecular formula is C17H17Cl2NO3S. The molecule has 0 saturated carbocycles. The molecule has 0 aliphatic rings. The van der Waals surface area contributed by atoms with Crippen molar-refractivity contribution in [2.45, 2.75) is 17.9 Å². The Kier molecular flexibility index (Phi) is 5.91. The molecule has 0 heterocycles. The summed E-state index contributed by atoms with van der Waals surface area (Å²) in [4.78, 5) is 13.9. The lowest BCUT2D eigenvalue weighted by Crippen LogP contribution is -2.34. The summed E-state index contributed by atoms with van der Waals surface area (Å²) >= 11 is 11.7. The maximum Gasteiger partial charge on any atom is 0.238 e. The number of benzene rings is 2. The molecule has 0 fully saturated rings. The zero-order valence-corrected chi connectivity index (χ0v) is 15.6. The number of carbonyl (C=O) groups excluding carboxylic acids is 1. The third-order valence-corrected chi connectivity index (χ3v) is 5.90. The summed E-state index contributed by atoms with van der Waals surface area (Å²) in [7, 11) is -2.15. The van der Waals surface area contributed by atoms with E-state index in [1.54, 1.807) is 25.2 Å². The topological polar surface area (TPSA) is 54.5 Å². The predicted molar refractivity (Wildman–Crippen MR) is 96.1 cm³/mol. The van der Waals surface area contributed by atoms with Crippen LogP contribution >= 0.6 is 23.2 Å². The lowest BCUT2D eigenvalue weighted by molar-refractivity contribution is -0.129. The van der Waals surface area contributed by atoms with Crippen molar-refractivity contribution in [3.8, 4) is 0 Å². The molecule has 1 amide bonds. The highest BCUT2D eigenvalue weighted by Crippen LogP contribution is 2.23. The monoisotopic (exact) mass is 385 g/mol. The lowest BCUT2D eigenvalue weighted by atomic mass is 10.1. The summed E-state index contributed by atoms with van der Waals surface area (Å²) in [6.07, 6.45) is 0. The van der Waals surface area contributed by atoms with E-state index in [4.69, 9.17) is 23.2 Å². The first-order valence-corrected chi connectivity index (χ1v) is 9.61. The Hall–Kier alpha value is -1.56. The molecule has 0 bridgehead atoms. The highest BCUT2D eigenvalue weighted by molar-refractivity contribution is 7.92. The molecule has 0 saturated heterocycles. The Labute approximate surface area is 151 Å². The number of nitrogens with zero attached hydrogens (tertiary/aromatic N) is 1. The van der Waals surface area contributed by atoms with Crippen molar-refractivity contribution in [3.63, 3.8) is 0 Å². The predicted octanol–water partition coefficient (Wildman–Crippen LogP) is 3.99. The molecule has 0 N–H and O–H groups in total. The quantitative estimate of drug-likeness (QED) is 0.781. The molecule has 0 radical (unpaired) electrons. The number of carbonyl (C=O) groups is 1. The van der Waals surface area contributed by atoms with E-state index in [1.807, 2.05) is 13.0 Å². The normalized spacial score (nSPS) is 12.7. The Morgan fingerprint density at radius 2 is 1.71 bits per heavy atom. The Balaban J connectivity index is 2.14. The van der Waals surface area contributed by atoms with Gasteiger partial charge in [0.15, 0.2) is 9.84 Å². The Bertz CT molecular complexity index is 835. The molecule has 2 aromatic carbocycles. The Morgan fingerprint density at radius 1 is 1.08 bits per heavy atom. The van der Waals surface area contributed by atoms with Crippen LogP contribution in [-0.2, 0) is 14.6 Å². The van der Waals surface area contributed by atoms with E-state index in [1.165, 1.54) is 29.2 Å². The van der Waals surface area contributed by atoms with Crippen molar-refractivity contribution < 1.29 is 13.2 Å². The number of hydrogen-bond acceptors (Lipinski definition) is 3. The average molecular weight is 386 g/mol. The maximum absolute atomic E-state index is 12.4. The second kappa shape index (κ2) is 7.55. The largest absolute Gasteiger partial charge is 0.338 e. The highest BCUT2D eigenvalue weighted by Gasteiger charge is 2.25. The van der Waals surface area contributed by atoms with E-state index < -0.39 is 21.5 Å². The summed E-state index contributed by atoms with van der Waals surface area (Å²) in [5, 5.41) is 1.00. The number of rotatable bonds is 5. The van der Waals surface area contributed by atoms with Crippen LogP contribution in [0.1, 0.15) is 18.5 Å². The molecule has 0 spiro atoms. The molecule has 1 atom stereocenters. The van der Waals surface area contributed by atoms with Crippen LogP contribution in [-0.4, -0.2) is 32.0 Å². The zero-order chi connectivity index (χ0) is 17.9. The minimum absolute atomic E-state index is 0.0732. The van der Waals surface area contributed by atoms with Crippen LogP contribution in [0.3, 0.4) is 0 Å². The van der Waals surface area contributed by atoms with Crippen molar-refractivity contribution in [2.75, 3.05) is 12.8 Å². The zero-order valence-electron chi connectivity index (χ0n) is 13.2. The van der Waals surface area contributed by atoms with E-state index in [0.29, 0.717) is 10.0 Å². The van der Waals surface area contributed by atoms with Crippen LogP contribution in [0.2, 0.25) is 10.0 Å². The average Bonchev–Trinajstić information content (AvgIpc) is 2.53. The minimum Gasteiger partial charge on any atom is -0.338 e. The van der Waals surface area contributed by atoms with Crippen LogP contribution in [0.5, 0.6) is 0 Å². The third-order valence-electron chi connectivity index (χ3n) is 3.79. The van der Waals surface area contributed by atoms with Crippen molar-refractivity contribution in [2.24, 2.45) is 0 Å². The molecule has 0 aromatic heterocycles. The smallest absolute Gasteiger partial charge is 0.238 e. The van der Waals surface area contributed by atoms with Gasteiger partial charge >= 0.3 is 0 Å². The number of sulfone groups is 1. The van der Waals surface area contributed by atoms with Gasteiger partial charge in [-0.3, -0.25) is 4.79 Å². The van der Waals surface area contributed by atoms with Gasteiger partial charge in [-0.05, 0) is 48.9 Å². The molecule has 128 valence electrons. The molecule has 7 heteroatoms. The molecule has 1 unspecified atom stereocenters. The van der Waals surface area contributed by atoms with Gasteiger partial charge in [0.1, 0.15) is 5.75 Å². The van der Waals surface area contributed by atoms with Crippen molar-refractivity contribution >= 4 is 38.9 Å². The van der Waals surface area contributed by atoms with Gasteiger partial charge < -0.3 is 4.90 Å². The van der Waals surface area contributed by atoms with Gasteiger partial charge in [0.25, 0.3) is 0 Å². The molecule has 4 nitrogen and oxygen atoms in total. The lowest BCUT2D eigenvalue weighted by Gasteiger charge is -2.25. The first-order chi connectivity index (χ1) is 11.2. The van der Waals surface area contributed by atoms with Gasteiger partial charge in [-0.1, -0.05) is 35.3 Å². The summed E-state index contributed by atoms with van der Waals surface area (Å²) in [5.74, 6) is -1.09. The SMILES string of the molecule is CC(c1cccc(Cl)c1)N(C)C(=O)CS(=O)(=O)c1ccc(Cl)cc1. The molecule has 24 heavy (non-hydrogen) atoms. The third kappa shape index (κ3) is 4.50. The fourth-order valence-corrected chi connectivity index (χ4v) is 3.77. The van der Waals surface area contributed by atoms with E-state index in [2.05, 4.69) is 0 Å². The van der Waals surface area contributed by atoms with Gasteiger partial charge in [0.05, 0.1) is 10.9 Å². The number of halogens is 2. The minimum atomic E-state index is -3.72. The van der Waals surface area contributed by atoms with E-state index in [0.717, 1.165) is 5.56 Å². The standard InChI is InChI=1S/C17H17Cl2NO3S/c1-12(13-4-3-5-15(19)10-13)20(2)17(21)11-24(22,23)16-8-6-14(18)7-9-16/h3-10,12H,11H2,1-2H3. The summed E-state index contributed by atoms with van der Waals surface area (Å²) in [6, 6.07) is 12.6. The van der Waals surface area contributed by atoms with Crippen molar-refractivity contribution in [1.29, 1.82) is 0 Å². The van der Waals surface area contributed by atoms with E-state index in [9.17, 15) is 13.2 Å². The van der Waals surface area contributed by atoms with Crippen LogP contribution in [0.4, 0.5) is 0 Å². The summed E-state index contributed by atoms with van der Waals surface area (Å²) < 4.78 is 24.7. The molecule has 0 aliphatic heterocycles. The van der Waals surface area contributed by atoms with E-state index >= 15 is 0 Å². The fraction of sp³-hybridized carbons (Fsp3) is 0.235. The fourth-order valence-electron chi connectivity index (χ4n) is 2.20. The second-order valence-corrected chi connectivity index (χ2v) is 8.31. The summed E-state index contributed by atoms with van der Waals surface area (Å²) in [5.41, 5.74) is 0.835. The molecular weight excluding hydrogens is 369 g/mol. The highest BCUT2D eigenvalue weighted by atomic mass is 35.5. The summed E-state index contributed by atoms with van der Waals surface area (Å²) in [6.45, 7) is 1.82. The van der Waals surface area contributed by atoms with Gasteiger partial charge in [-0.15, -0.1) is 0 Å². The van der Waals surface area contributed by atoms with Crippen LogP contribution in [0.15, 0.2) is 53.4 Å². The molecule has 2 rings (SSSR count). The first kappa shape index (κ1) is 18.8. The van der Waals surface area contributed by atoms with Crippen LogP contribution in [0.25, 0.3) is 0 Å². The number of amides is 1.